The van der Waals surface area contributed by atoms with Gasteiger partial charge in [-0.3, -0.25) is 0 Å². The zero-order valence-electron chi connectivity index (χ0n) is 16.4. The van der Waals surface area contributed by atoms with Crippen LogP contribution in [0.3, 0.4) is 0 Å². The fourth-order valence-electron chi connectivity index (χ4n) is 3.83. The van der Waals surface area contributed by atoms with E-state index in [1.165, 1.54) is 13.2 Å². The Morgan fingerprint density at radius 2 is 1.30 bits per heavy atom. The van der Waals surface area contributed by atoms with Crippen LogP contribution in [0, 0.1) is 11.3 Å². The number of rotatable bonds is 5. The third-order valence-electron chi connectivity index (χ3n) is 5.11. The van der Waals surface area contributed by atoms with Crippen LogP contribution in [0.5, 0.6) is 0 Å². The van der Waals surface area contributed by atoms with Gasteiger partial charge in [0.05, 0.1) is 7.11 Å². The molecular weight excluding hydrogens is 374 g/mol. The summed E-state index contributed by atoms with van der Waals surface area (Å²) < 4.78 is 6.48. The van der Waals surface area contributed by atoms with Gasteiger partial charge in [0.2, 0.25) is 0 Å². The monoisotopic (exact) mass is 393 g/mol. The molecule has 0 aliphatic heterocycles. The minimum absolute atomic E-state index is 0.0845. The van der Waals surface area contributed by atoms with Crippen molar-refractivity contribution in [1.82, 2.24) is 9.78 Å². The maximum atomic E-state index is 12.2. The number of esters is 1. The van der Waals surface area contributed by atoms with Gasteiger partial charge in [-0.1, -0.05) is 91.0 Å². The van der Waals surface area contributed by atoms with E-state index in [1.54, 1.807) is 4.68 Å². The molecule has 0 bridgehead atoms. The molecule has 0 saturated heterocycles. The van der Waals surface area contributed by atoms with Gasteiger partial charge in [-0.25, -0.2) is 9.48 Å². The van der Waals surface area contributed by atoms with Crippen molar-refractivity contribution in [1.29, 1.82) is 5.26 Å². The molecule has 1 aromatic heterocycles. The van der Waals surface area contributed by atoms with E-state index >= 15 is 0 Å². The van der Waals surface area contributed by atoms with Gasteiger partial charge in [0, 0.05) is 6.07 Å². The molecule has 0 aliphatic carbocycles. The Kier molecular flexibility index (Phi) is 5.15. The third kappa shape index (κ3) is 3.05. The van der Waals surface area contributed by atoms with E-state index in [0.717, 1.165) is 16.7 Å². The number of carbonyl (C=O) groups excluding carboxylic acids is 1. The molecule has 0 spiro atoms. The number of nitrogens with zero attached hydrogens (tertiary/aromatic N) is 3. The van der Waals surface area contributed by atoms with Gasteiger partial charge in [0.1, 0.15) is 17.3 Å². The summed E-state index contributed by atoms with van der Waals surface area (Å²) in [7, 11) is 1.30. The van der Waals surface area contributed by atoms with Gasteiger partial charge in [-0.2, -0.15) is 10.4 Å². The first kappa shape index (κ1) is 19.2. The van der Waals surface area contributed by atoms with Crippen LogP contribution in [0.15, 0.2) is 97.1 Å². The molecule has 0 radical (unpaired) electrons. The Labute approximate surface area is 174 Å². The highest BCUT2D eigenvalue weighted by molar-refractivity contribution is 5.87. The number of benzene rings is 3. The molecule has 0 N–H and O–H groups in total. The van der Waals surface area contributed by atoms with Crippen LogP contribution in [0.1, 0.15) is 32.9 Å². The van der Waals surface area contributed by atoms with Crippen molar-refractivity contribution in [3.05, 3.63) is 125 Å². The molecule has 0 atom stereocenters. The lowest BCUT2D eigenvalue weighted by Crippen LogP contribution is -2.39. The molecule has 146 valence electrons. The lowest BCUT2D eigenvalue weighted by atomic mass is 9.77. The summed E-state index contributed by atoms with van der Waals surface area (Å²) in [5.41, 5.74) is 2.13. The van der Waals surface area contributed by atoms with Crippen molar-refractivity contribution in [2.24, 2.45) is 0 Å². The quantitative estimate of drug-likeness (QED) is 0.373. The fourth-order valence-corrected chi connectivity index (χ4v) is 3.83. The zero-order valence-corrected chi connectivity index (χ0v) is 16.4. The van der Waals surface area contributed by atoms with Crippen LogP contribution in [-0.2, 0) is 10.3 Å². The molecule has 5 nitrogen and oxygen atoms in total. The zero-order chi connectivity index (χ0) is 21.0. The molecule has 0 aliphatic rings. The van der Waals surface area contributed by atoms with Gasteiger partial charge in [-0.05, 0) is 16.7 Å². The van der Waals surface area contributed by atoms with Crippen LogP contribution < -0.4 is 0 Å². The van der Waals surface area contributed by atoms with Gasteiger partial charge < -0.3 is 4.74 Å². The third-order valence-corrected chi connectivity index (χ3v) is 5.11. The Morgan fingerprint density at radius 1 is 0.867 bits per heavy atom. The Morgan fingerprint density at radius 3 is 1.67 bits per heavy atom. The van der Waals surface area contributed by atoms with Crippen LogP contribution in [-0.4, -0.2) is 22.9 Å². The largest absolute Gasteiger partial charge is 0.464 e. The van der Waals surface area contributed by atoms with E-state index in [1.807, 2.05) is 91.0 Å². The van der Waals surface area contributed by atoms with Crippen molar-refractivity contribution >= 4 is 5.97 Å². The van der Waals surface area contributed by atoms with Crippen LogP contribution >= 0.6 is 0 Å². The lowest BCUT2D eigenvalue weighted by molar-refractivity contribution is 0.0592. The number of hydrogen-bond acceptors (Lipinski definition) is 4. The summed E-state index contributed by atoms with van der Waals surface area (Å²) >= 11 is 0. The first-order chi connectivity index (χ1) is 14.7. The SMILES string of the molecule is COC(=O)c1cc(C#N)n(C(c2ccccc2)(c2ccccc2)c2ccccc2)n1. The average Bonchev–Trinajstić information content (AvgIpc) is 3.26. The smallest absolute Gasteiger partial charge is 0.358 e. The topological polar surface area (TPSA) is 67.9 Å². The van der Waals surface area contributed by atoms with Gasteiger partial charge in [0.15, 0.2) is 5.69 Å². The molecule has 4 aromatic rings. The van der Waals surface area contributed by atoms with Crippen LogP contribution in [0.2, 0.25) is 0 Å². The van der Waals surface area contributed by atoms with Crippen molar-refractivity contribution in [2.45, 2.75) is 5.54 Å². The Hall–Kier alpha value is -4.17. The van der Waals surface area contributed by atoms with Crippen molar-refractivity contribution in [3.63, 3.8) is 0 Å². The second-order valence-corrected chi connectivity index (χ2v) is 6.74. The van der Waals surface area contributed by atoms with Gasteiger partial charge in [-0.15, -0.1) is 0 Å². The number of ether oxygens (including phenoxy) is 1. The first-order valence-electron chi connectivity index (χ1n) is 9.47. The minimum Gasteiger partial charge on any atom is -0.464 e. The van der Waals surface area contributed by atoms with E-state index < -0.39 is 11.5 Å². The van der Waals surface area contributed by atoms with Crippen molar-refractivity contribution in [3.8, 4) is 6.07 Å². The molecule has 0 fully saturated rings. The van der Waals surface area contributed by atoms with E-state index in [9.17, 15) is 10.1 Å². The van der Waals surface area contributed by atoms with E-state index in [4.69, 9.17) is 4.74 Å². The summed E-state index contributed by atoms with van der Waals surface area (Å²) in [5, 5.41) is 14.5. The summed E-state index contributed by atoms with van der Waals surface area (Å²) in [5.74, 6) is -0.590. The summed E-state index contributed by atoms with van der Waals surface area (Å²) in [4.78, 5) is 12.2. The highest BCUT2D eigenvalue weighted by Crippen LogP contribution is 2.41. The maximum Gasteiger partial charge on any atom is 0.358 e. The summed E-state index contributed by atoms with van der Waals surface area (Å²) in [6.07, 6.45) is 0. The van der Waals surface area contributed by atoms with Crippen LogP contribution in [0.25, 0.3) is 0 Å². The molecule has 4 rings (SSSR count). The second-order valence-electron chi connectivity index (χ2n) is 6.74. The lowest BCUT2D eigenvalue weighted by Gasteiger charge is -2.36. The number of carbonyl (C=O) groups is 1. The summed E-state index contributed by atoms with van der Waals surface area (Å²) in [6.45, 7) is 0. The van der Waals surface area contributed by atoms with Crippen molar-refractivity contribution < 1.29 is 9.53 Å². The second kappa shape index (κ2) is 8.06. The molecule has 0 unspecified atom stereocenters. The number of aromatic nitrogens is 2. The molecule has 3 aromatic carbocycles. The number of nitriles is 1. The number of hydrogen-bond donors (Lipinski definition) is 0. The molecule has 0 saturated carbocycles. The predicted molar refractivity (Wildman–Crippen MR) is 113 cm³/mol. The summed E-state index contributed by atoms with van der Waals surface area (Å²) in [6, 6.07) is 33.2. The minimum atomic E-state index is -0.957. The van der Waals surface area contributed by atoms with Crippen LogP contribution in [0.4, 0.5) is 0 Å². The van der Waals surface area contributed by atoms with Gasteiger partial charge >= 0.3 is 5.97 Å². The fraction of sp³-hybridized carbons (Fsp3) is 0.0800. The highest BCUT2D eigenvalue weighted by Gasteiger charge is 2.41. The normalized spacial score (nSPS) is 10.9. The highest BCUT2D eigenvalue weighted by atomic mass is 16.5. The van der Waals surface area contributed by atoms with Gasteiger partial charge in [0.25, 0.3) is 0 Å². The number of methoxy groups -OCH3 is 1. The molecule has 30 heavy (non-hydrogen) atoms. The molecule has 1 heterocycles. The standard InChI is InChI=1S/C25H19N3O2/c1-30-24(29)23-17-22(18-26)28(27-23)25(19-11-5-2-6-12-19,20-13-7-3-8-14-20)21-15-9-4-10-16-21/h2-17H,1H3. The first-order valence-corrected chi connectivity index (χ1v) is 9.47. The maximum absolute atomic E-state index is 12.2. The molecule has 5 heteroatoms. The van der Waals surface area contributed by atoms with E-state index in [2.05, 4.69) is 11.2 Å². The Balaban J connectivity index is 2.16. The van der Waals surface area contributed by atoms with E-state index in [-0.39, 0.29) is 11.4 Å². The molecular formula is C25H19N3O2. The Bertz CT molecular complexity index is 1100. The molecule has 0 amide bonds. The van der Waals surface area contributed by atoms with E-state index in [0.29, 0.717) is 0 Å². The van der Waals surface area contributed by atoms with Crippen molar-refractivity contribution in [2.75, 3.05) is 7.11 Å². The predicted octanol–water partition coefficient (Wildman–Crippen LogP) is 4.38. The average molecular weight is 393 g/mol.